The maximum Gasteiger partial charge on any atom is 0.0894 e. The zero-order chi connectivity index (χ0) is 17.9. The summed E-state index contributed by atoms with van der Waals surface area (Å²) in [7, 11) is 0. The van der Waals surface area contributed by atoms with Crippen molar-refractivity contribution in [3.63, 3.8) is 0 Å². The lowest BCUT2D eigenvalue weighted by molar-refractivity contribution is 1.18. The highest BCUT2D eigenvalue weighted by molar-refractivity contribution is 5.65. The summed E-state index contributed by atoms with van der Waals surface area (Å²) in [5.74, 6) is 0. The van der Waals surface area contributed by atoms with Crippen LogP contribution in [0.4, 0.5) is 0 Å². The van der Waals surface area contributed by atoms with Gasteiger partial charge in [-0.25, -0.2) is 9.97 Å². The van der Waals surface area contributed by atoms with Crippen LogP contribution in [0.2, 0.25) is 0 Å². The summed E-state index contributed by atoms with van der Waals surface area (Å²) < 4.78 is 0. The molecule has 4 heteroatoms. The fourth-order valence-electron chi connectivity index (χ4n) is 2.72. The zero-order valence-electron chi connectivity index (χ0n) is 14.7. The highest BCUT2D eigenvalue weighted by atomic mass is 14.8. The second-order valence-electron chi connectivity index (χ2n) is 6.18. The van der Waals surface area contributed by atoms with Crippen molar-refractivity contribution in [1.82, 2.24) is 19.9 Å². The average molecular weight is 338 g/mol. The number of nitrogens with zero attached hydrogens (tertiary/aromatic N) is 4. The molecule has 0 aromatic carbocycles. The molecule has 0 saturated heterocycles. The molecule has 0 bridgehead atoms. The van der Waals surface area contributed by atoms with Gasteiger partial charge in [0.25, 0.3) is 0 Å². The van der Waals surface area contributed by atoms with E-state index in [2.05, 4.69) is 29.9 Å². The first-order valence-corrected chi connectivity index (χ1v) is 8.50. The Kier molecular flexibility index (Phi) is 4.23. The van der Waals surface area contributed by atoms with Crippen molar-refractivity contribution in [2.45, 2.75) is 13.8 Å². The molecule has 4 heterocycles. The summed E-state index contributed by atoms with van der Waals surface area (Å²) in [5, 5.41) is 0. The highest BCUT2D eigenvalue weighted by Crippen LogP contribution is 2.23. The van der Waals surface area contributed by atoms with Crippen LogP contribution in [-0.2, 0) is 0 Å². The summed E-state index contributed by atoms with van der Waals surface area (Å²) in [6, 6.07) is 19.7. The molecule has 0 amide bonds. The maximum absolute atomic E-state index is 4.77. The molecule has 4 aromatic heterocycles. The van der Waals surface area contributed by atoms with Crippen molar-refractivity contribution in [3.8, 4) is 34.2 Å². The van der Waals surface area contributed by atoms with Gasteiger partial charge in [-0.2, -0.15) is 0 Å². The Balaban J connectivity index is 1.74. The molecule has 126 valence electrons. The van der Waals surface area contributed by atoms with Gasteiger partial charge >= 0.3 is 0 Å². The Labute approximate surface area is 152 Å². The molecule has 4 nitrogen and oxygen atoms in total. The van der Waals surface area contributed by atoms with Crippen LogP contribution in [-0.4, -0.2) is 19.9 Å². The third kappa shape index (κ3) is 3.22. The second kappa shape index (κ2) is 6.84. The molecule has 26 heavy (non-hydrogen) atoms. The van der Waals surface area contributed by atoms with Crippen LogP contribution in [0.15, 0.2) is 73.1 Å². The third-order valence-corrected chi connectivity index (χ3v) is 4.32. The first-order valence-electron chi connectivity index (χ1n) is 8.50. The summed E-state index contributed by atoms with van der Waals surface area (Å²) in [6.07, 6.45) is 3.66. The first-order chi connectivity index (χ1) is 12.7. The largest absolute Gasteiger partial charge is 0.255 e. The SMILES string of the molecule is Cc1cnc(-c2cccc(-c3cccc(-c4ccccn4)n3)n2)cc1C. The summed E-state index contributed by atoms with van der Waals surface area (Å²) in [4.78, 5) is 18.4. The van der Waals surface area contributed by atoms with E-state index >= 15 is 0 Å². The average Bonchev–Trinajstić information content (AvgIpc) is 2.71. The normalized spacial score (nSPS) is 10.7. The van der Waals surface area contributed by atoms with E-state index in [4.69, 9.17) is 9.97 Å². The van der Waals surface area contributed by atoms with Crippen molar-refractivity contribution < 1.29 is 0 Å². The van der Waals surface area contributed by atoms with E-state index in [1.54, 1.807) is 6.20 Å². The number of hydrogen-bond acceptors (Lipinski definition) is 4. The minimum Gasteiger partial charge on any atom is -0.255 e. The molecular weight excluding hydrogens is 320 g/mol. The number of aromatic nitrogens is 4. The third-order valence-electron chi connectivity index (χ3n) is 4.32. The van der Waals surface area contributed by atoms with E-state index < -0.39 is 0 Å². The van der Waals surface area contributed by atoms with Crippen molar-refractivity contribution >= 4 is 0 Å². The van der Waals surface area contributed by atoms with Gasteiger partial charge < -0.3 is 0 Å². The molecule has 4 rings (SSSR count). The van der Waals surface area contributed by atoms with Crippen LogP contribution in [0.25, 0.3) is 34.2 Å². The molecule has 0 unspecified atom stereocenters. The summed E-state index contributed by atoms with van der Waals surface area (Å²) in [5.41, 5.74) is 7.42. The molecule has 0 aliphatic rings. The van der Waals surface area contributed by atoms with Gasteiger partial charge in [-0.3, -0.25) is 9.97 Å². The van der Waals surface area contributed by atoms with Gasteiger partial charge in [0.15, 0.2) is 0 Å². The van der Waals surface area contributed by atoms with Crippen LogP contribution in [0.5, 0.6) is 0 Å². The molecule has 4 aromatic rings. The van der Waals surface area contributed by atoms with Gasteiger partial charge in [0.1, 0.15) is 0 Å². The lowest BCUT2D eigenvalue weighted by Gasteiger charge is -2.07. The van der Waals surface area contributed by atoms with Gasteiger partial charge in [-0.15, -0.1) is 0 Å². The molecule has 0 saturated carbocycles. The standard InChI is InChI=1S/C22H18N4/c1-15-13-22(24-14-16(15)2)21-11-6-10-20(26-21)19-9-5-8-18(25-19)17-7-3-4-12-23-17/h3-14H,1-2H3. The Morgan fingerprint density at radius 2 is 1.12 bits per heavy atom. The van der Waals surface area contributed by atoms with Gasteiger partial charge in [-0.05, 0) is 67.4 Å². The van der Waals surface area contributed by atoms with E-state index in [-0.39, 0.29) is 0 Å². The van der Waals surface area contributed by atoms with Crippen LogP contribution in [0.3, 0.4) is 0 Å². The molecule has 0 spiro atoms. The van der Waals surface area contributed by atoms with Crippen LogP contribution < -0.4 is 0 Å². The van der Waals surface area contributed by atoms with Gasteiger partial charge in [0.05, 0.1) is 34.2 Å². The van der Waals surface area contributed by atoms with E-state index in [1.807, 2.05) is 60.8 Å². The molecular formula is C22H18N4. The topological polar surface area (TPSA) is 51.6 Å². The molecule has 0 fully saturated rings. The van der Waals surface area contributed by atoms with Crippen molar-refractivity contribution in [2.75, 3.05) is 0 Å². The lowest BCUT2D eigenvalue weighted by Crippen LogP contribution is -1.94. The molecule has 0 aliphatic carbocycles. The lowest BCUT2D eigenvalue weighted by atomic mass is 10.1. The Bertz CT molecular complexity index is 1060. The maximum atomic E-state index is 4.77. The summed E-state index contributed by atoms with van der Waals surface area (Å²) in [6.45, 7) is 4.14. The van der Waals surface area contributed by atoms with E-state index in [0.717, 1.165) is 34.2 Å². The smallest absolute Gasteiger partial charge is 0.0894 e. The molecule has 0 atom stereocenters. The summed E-state index contributed by atoms with van der Waals surface area (Å²) >= 11 is 0. The molecule has 0 radical (unpaired) electrons. The van der Waals surface area contributed by atoms with Crippen LogP contribution in [0.1, 0.15) is 11.1 Å². The molecule has 0 aliphatic heterocycles. The van der Waals surface area contributed by atoms with Gasteiger partial charge in [-0.1, -0.05) is 18.2 Å². The zero-order valence-corrected chi connectivity index (χ0v) is 14.7. The van der Waals surface area contributed by atoms with E-state index in [0.29, 0.717) is 0 Å². The number of pyridine rings is 4. The highest BCUT2D eigenvalue weighted by Gasteiger charge is 2.08. The van der Waals surface area contributed by atoms with Gasteiger partial charge in [0, 0.05) is 12.4 Å². The fourth-order valence-corrected chi connectivity index (χ4v) is 2.72. The first kappa shape index (κ1) is 16.1. The minimum atomic E-state index is 0.818. The predicted molar refractivity (Wildman–Crippen MR) is 103 cm³/mol. The second-order valence-corrected chi connectivity index (χ2v) is 6.18. The Morgan fingerprint density at radius 1 is 0.538 bits per heavy atom. The number of aryl methyl sites for hydroxylation is 2. The number of hydrogen-bond donors (Lipinski definition) is 0. The van der Waals surface area contributed by atoms with Crippen LogP contribution >= 0.6 is 0 Å². The number of rotatable bonds is 3. The predicted octanol–water partition coefficient (Wildman–Crippen LogP) is 4.88. The van der Waals surface area contributed by atoms with Crippen LogP contribution in [0, 0.1) is 13.8 Å². The quantitative estimate of drug-likeness (QED) is 0.534. The Hall–Kier alpha value is -3.40. The monoisotopic (exact) mass is 338 g/mol. The van der Waals surface area contributed by atoms with Crippen molar-refractivity contribution in [1.29, 1.82) is 0 Å². The van der Waals surface area contributed by atoms with Crippen molar-refractivity contribution in [3.05, 3.63) is 84.2 Å². The van der Waals surface area contributed by atoms with Crippen molar-refractivity contribution in [2.24, 2.45) is 0 Å². The van der Waals surface area contributed by atoms with E-state index in [9.17, 15) is 0 Å². The minimum absolute atomic E-state index is 0.818. The Morgan fingerprint density at radius 3 is 1.69 bits per heavy atom. The van der Waals surface area contributed by atoms with Gasteiger partial charge in [0.2, 0.25) is 0 Å². The molecule has 0 N–H and O–H groups in total. The fraction of sp³-hybridized carbons (Fsp3) is 0.0909. The van der Waals surface area contributed by atoms with E-state index in [1.165, 1.54) is 11.1 Å².